The van der Waals surface area contributed by atoms with Crippen LogP contribution in [0.15, 0.2) is 35.1 Å². The molecule has 2 aromatic heterocycles. The van der Waals surface area contributed by atoms with Crippen molar-refractivity contribution in [1.82, 2.24) is 9.97 Å². The third kappa shape index (κ3) is 3.46. The molecule has 2 N–H and O–H groups in total. The number of hydrogen-bond donors (Lipinski definition) is 2. The van der Waals surface area contributed by atoms with Gasteiger partial charge in [0.15, 0.2) is 0 Å². The molecular formula is C19H16N3O4PS. The molecule has 0 spiro atoms. The molecule has 142 valence electrons. The van der Waals surface area contributed by atoms with E-state index in [1.807, 2.05) is 24.3 Å². The molecule has 2 heterocycles. The number of aromatic amines is 1. The predicted octanol–water partition coefficient (Wildman–Crippen LogP) is 3.47. The normalized spacial score (nSPS) is 14.6. The fraction of sp³-hybridized carbons (Fsp3) is 0.211. The number of benzene rings is 1. The lowest BCUT2D eigenvalue weighted by molar-refractivity contribution is 0.314. The Bertz CT molecular complexity index is 1220. The predicted molar refractivity (Wildman–Crippen MR) is 106 cm³/mol. The smallest absolute Gasteiger partial charge is 0.324 e. The molecule has 0 aliphatic heterocycles. The molecule has 0 radical (unpaired) electrons. The molecule has 4 rings (SSSR count). The van der Waals surface area contributed by atoms with Crippen LogP contribution in [-0.4, -0.2) is 22.0 Å². The van der Waals surface area contributed by atoms with Crippen LogP contribution >= 0.6 is 18.9 Å². The molecule has 1 aromatic carbocycles. The molecule has 9 heteroatoms. The van der Waals surface area contributed by atoms with Crippen molar-refractivity contribution in [3.8, 4) is 27.9 Å². The summed E-state index contributed by atoms with van der Waals surface area (Å²) >= 11 is 1.55. The van der Waals surface area contributed by atoms with Crippen LogP contribution in [0.5, 0.6) is 0 Å². The highest BCUT2D eigenvalue weighted by Gasteiger charge is 2.24. The first-order valence-corrected chi connectivity index (χ1v) is 11.1. The lowest BCUT2D eigenvalue weighted by Gasteiger charge is -2.14. The molecule has 7 nitrogen and oxygen atoms in total. The molecule has 0 saturated heterocycles. The third-order valence-electron chi connectivity index (χ3n) is 4.64. The van der Waals surface area contributed by atoms with Crippen LogP contribution < -0.4 is 5.56 Å². The maximum absolute atomic E-state index is 11.9. The van der Waals surface area contributed by atoms with E-state index in [4.69, 9.17) is 10.2 Å². The van der Waals surface area contributed by atoms with Crippen molar-refractivity contribution in [1.29, 1.82) is 5.26 Å². The van der Waals surface area contributed by atoms with Gasteiger partial charge in [-0.25, -0.2) is 4.98 Å². The minimum atomic E-state index is -3.65. The zero-order valence-electron chi connectivity index (χ0n) is 14.9. The van der Waals surface area contributed by atoms with Crippen molar-refractivity contribution >= 4 is 18.9 Å². The standard InChI is InChI=1S/C19H16N3O4PS/c1-26-27(24,25)10-11-3-2-4-12(7-11)19-22-17-14-8-13(9-20)18(23)21-15(14)5-6-16(17)28-19/h2-4,7-8H,5-6,10H2,1H3,(H,21,23)(H,24,25). The number of nitrogens with zero attached hydrogens (tertiary/aromatic N) is 2. The van der Waals surface area contributed by atoms with E-state index in [-0.39, 0.29) is 17.3 Å². The molecule has 1 unspecified atom stereocenters. The van der Waals surface area contributed by atoms with Crippen molar-refractivity contribution in [2.24, 2.45) is 0 Å². The van der Waals surface area contributed by atoms with Crippen LogP contribution in [0.1, 0.15) is 21.7 Å². The number of nitriles is 1. The maximum atomic E-state index is 11.9. The fourth-order valence-corrected chi connectivity index (χ4v) is 5.11. The number of aryl methyl sites for hydroxylation is 2. The van der Waals surface area contributed by atoms with Crippen molar-refractivity contribution < 1.29 is 14.0 Å². The van der Waals surface area contributed by atoms with Gasteiger partial charge < -0.3 is 14.4 Å². The highest BCUT2D eigenvalue weighted by atomic mass is 32.1. The quantitative estimate of drug-likeness (QED) is 0.633. The lowest BCUT2D eigenvalue weighted by atomic mass is 9.97. The van der Waals surface area contributed by atoms with E-state index in [0.717, 1.165) is 38.8 Å². The molecule has 1 aliphatic rings. The van der Waals surface area contributed by atoms with Gasteiger partial charge in [-0.05, 0) is 30.5 Å². The Labute approximate surface area is 164 Å². The number of hydrogen-bond acceptors (Lipinski definition) is 6. The molecular weight excluding hydrogens is 397 g/mol. The zero-order valence-corrected chi connectivity index (χ0v) is 16.6. The van der Waals surface area contributed by atoms with Gasteiger partial charge in [0.05, 0.1) is 11.9 Å². The van der Waals surface area contributed by atoms with Gasteiger partial charge in [0, 0.05) is 28.8 Å². The van der Waals surface area contributed by atoms with Gasteiger partial charge in [-0.1, -0.05) is 18.2 Å². The average Bonchev–Trinajstić information content (AvgIpc) is 3.12. The molecule has 0 saturated carbocycles. The van der Waals surface area contributed by atoms with E-state index < -0.39 is 7.60 Å². The van der Waals surface area contributed by atoms with Gasteiger partial charge in [-0.2, -0.15) is 5.26 Å². The summed E-state index contributed by atoms with van der Waals surface area (Å²) in [5, 5.41) is 9.94. The fourth-order valence-electron chi connectivity index (χ4n) is 3.25. The van der Waals surface area contributed by atoms with E-state index in [9.17, 15) is 14.3 Å². The molecule has 0 bridgehead atoms. The summed E-state index contributed by atoms with van der Waals surface area (Å²) in [7, 11) is -2.43. The first kappa shape index (κ1) is 18.8. The number of aromatic nitrogens is 2. The van der Waals surface area contributed by atoms with Crippen LogP contribution in [0.25, 0.3) is 21.8 Å². The maximum Gasteiger partial charge on any atom is 0.332 e. The number of rotatable bonds is 4. The van der Waals surface area contributed by atoms with Gasteiger partial charge in [-0.15, -0.1) is 11.3 Å². The first-order valence-electron chi connectivity index (χ1n) is 8.53. The van der Waals surface area contributed by atoms with Gasteiger partial charge in [0.1, 0.15) is 16.6 Å². The van der Waals surface area contributed by atoms with Crippen molar-refractivity contribution in [2.45, 2.75) is 19.0 Å². The zero-order chi connectivity index (χ0) is 19.9. The first-order chi connectivity index (χ1) is 13.4. The Morgan fingerprint density at radius 2 is 2.21 bits per heavy atom. The molecule has 0 fully saturated rings. The van der Waals surface area contributed by atoms with Crippen LogP contribution in [0.4, 0.5) is 0 Å². The van der Waals surface area contributed by atoms with E-state index in [1.165, 1.54) is 7.11 Å². The number of nitrogens with one attached hydrogen (secondary N) is 1. The minimum absolute atomic E-state index is 0.0708. The Hall–Kier alpha value is -2.56. The Balaban J connectivity index is 1.75. The van der Waals surface area contributed by atoms with Gasteiger partial charge in [-0.3, -0.25) is 9.36 Å². The molecule has 1 aliphatic carbocycles. The van der Waals surface area contributed by atoms with E-state index in [2.05, 4.69) is 9.51 Å². The summed E-state index contributed by atoms with van der Waals surface area (Å²) in [5.41, 5.74) is 3.60. The Morgan fingerprint density at radius 1 is 1.39 bits per heavy atom. The second kappa shape index (κ2) is 7.12. The topological polar surface area (TPSA) is 116 Å². The Kier molecular flexibility index (Phi) is 4.77. The summed E-state index contributed by atoms with van der Waals surface area (Å²) < 4.78 is 16.5. The van der Waals surface area contributed by atoms with Gasteiger partial charge in [0.2, 0.25) is 0 Å². The second-order valence-corrected chi connectivity index (χ2v) is 9.53. The van der Waals surface area contributed by atoms with E-state index >= 15 is 0 Å². The van der Waals surface area contributed by atoms with Crippen molar-refractivity contribution in [3.05, 3.63) is 62.4 Å². The monoisotopic (exact) mass is 413 g/mol. The number of pyridine rings is 1. The molecule has 1 atom stereocenters. The van der Waals surface area contributed by atoms with Gasteiger partial charge >= 0.3 is 7.60 Å². The largest absolute Gasteiger partial charge is 0.332 e. The highest BCUT2D eigenvalue weighted by Crippen LogP contribution is 2.45. The SMILES string of the molecule is COP(=O)(O)Cc1cccc(-c2nc3c(s2)CCc2[nH]c(=O)c(C#N)cc2-3)c1. The molecule has 3 aromatic rings. The number of H-pyrrole nitrogens is 1. The number of thiazole rings is 1. The van der Waals surface area contributed by atoms with Crippen molar-refractivity contribution in [3.63, 3.8) is 0 Å². The van der Waals surface area contributed by atoms with E-state index in [1.54, 1.807) is 23.5 Å². The van der Waals surface area contributed by atoms with Crippen molar-refractivity contribution in [2.75, 3.05) is 7.11 Å². The van der Waals surface area contributed by atoms with Crippen LogP contribution in [0, 0.1) is 11.3 Å². The van der Waals surface area contributed by atoms with Crippen LogP contribution in [0.2, 0.25) is 0 Å². The summed E-state index contributed by atoms with van der Waals surface area (Å²) in [6.07, 6.45) is 1.38. The third-order valence-corrected chi connectivity index (χ3v) is 7.14. The van der Waals surface area contributed by atoms with Gasteiger partial charge in [0.25, 0.3) is 5.56 Å². The van der Waals surface area contributed by atoms with E-state index in [0.29, 0.717) is 12.0 Å². The summed E-state index contributed by atoms with van der Waals surface area (Å²) in [5.74, 6) is 0. The summed E-state index contributed by atoms with van der Waals surface area (Å²) in [6, 6.07) is 10.9. The van der Waals surface area contributed by atoms with Crippen LogP contribution in [0.3, 0.4) is 0 Å². The minimum Gasteiger partial charge on any atom is -0.324 e. The van der Waals surface area contributed by atoms with Crippen LogP contribution in [-0.2, 0) is 28.1 Å². The summed E-state index contributed by atoms with van der Waals surface area (Å²) in [6.45, 7) is 0. The average molecular weight is 413 g/mol. The second-order valence-electron chi connectivity index (χ2n) is 6.49. The highest BCUT2D eigenvalue weighted by molar-refractivity contribution is 7.51. The molecule has 0 amide bonds. The summed E-state index contributed by atoms with van der Waals surface area (Å²) in [4.78, 5) is 30.2. The molecule has 28 heavy (non-hydrogen) atoms. The number of fused-ring (bicyclic) bond motifs is 3. The Morgan fingerprint density at radius 3 is 2.96 bits per heavy atom. The lowest BCUT2D eigenvalue weighted by Crippen LogP contribution is -2.16.